The summed E-state index contributed by atoms with van der Waals surface area (Å²) in [5.41, 5.74) is 0. The van der Waals surface area contributed by atoms with Gasteiger partial charge in [-0.05, 0) is 0 Å². The smallest absolute Gasteiger partial charge is 0.150 e. The highest BCUT2D eigenvalue weighted by Gasteiger charge is 1.67. The first kappa shape index (κ1) is 9.48. The van der Waals surface area contributed by atoms with Crippen molar-refractivity contribution in [3.8, 4) is 0 Å². The van der Waals surface area contributed by atoms with Gasteiger partial charge in [-0.1, -0.05) is 0 Å². The van der Waals surface area contributed by atoms with E-state index in [1.165, 1.54) is 0 Å². The van der Waals surface area contributed by atoms with Crippen LogP contribution in [-0.2, 0) is 0 Å². The standard InChI is InChI=1S/C2H6N2S.H2S/c1-4-2(3)5;/h1H3,(H3,3,4,5);1H2. The fraction of sp³-hybridized carbons (Fsp3) is 0.500. The monoisotopic (exact) mass is 124 g/mol. The first-order valence-corrected chi connectivity index (χ1v) is 1.67. The Labute approximate surface area is 49.7 Å². The molecule has 38 valence electrons. The molecule has 6 heavy (non-hydrogen) atoms. The van der Waals surface area contributed by atoms with Crippen LogP contribution in [0.2, 0.25) is 0 Å². The lowest BCUT2D eigenvalue weighted by atomic mass is 11.2. The molecule has 0 atom stereocenters. The minimum atomic E-state index is 0. The van der Waals surface area contributed by atoms with Crippen LogP contribution in [0, 0.1) is 5.41 Å². The summed E-state index contributed by atoms with van der Waals surface area (Å²) in [5, 5.41) is 9.17. The van der Waals surface area contributed by atoms with Crippen LogP contribution in [0.3, 0.4) is 0 Å². The van der Waals surface area contributed by atoms with Crippen LogP contribution in [0.1, 0.15) is 0 Å². The molecule has 0 aliphatic heterocycles. The minimum Gasteiger partial charge on any atom is -0.368 e. The van der Waals surface area contributed by atoms with Crippen LogP contribution in [0.4, 0.5) is 0 Å². The summed E-state index contributed by atoms with van der Waals surface area (Å²) < 4.78 is 0. The zero-order valence-corrected chi connectivity index (χ0v) is 5.34. The number of rotatable bonds is 0. The highest BCUT2D eigenvalue weighted by Crippen LogP contribution is 1.63. The summed E-state index contributed by atoms with van der Waals surface area (Å²) in [7, 11) is 1.65. The third-order valence-electron chi connectivity index (χ3n) is 0.237. The van der Waals surface area contributed by atoms with E-state index < -0.39 is 0 Å². The van der Waals surface area contributed by atoms with E-state index in [0.29, 0.717) is 0 Å². The lowest BCUT2D eigenvalue weighted by Gasteiger charge is -1.83. The van der Waals surface area contributed by atoms with E-state index in [4.69, 9.17) is 5.41 Å². The molecule has 0 rings (SSSR count). The molecule has 0 spiro atoms. The van der Waals surface area contributed by atoms with Crippen LogP contribution in [0.25, 0.3) is 0 Å². The average Bonchev–Trinajstić information content (AvgIpc) is 1.38. The molecule has 0 amide bonds. The van der Waals surface area contributed by atoms with Gasteiger partial charge in [0.15, 0.2) is 0 Å². The molecule has 0 radical (unpaired) electrons. The van der Waals surface area contributed by atoms with Gasteiger partial charge in [-0.25, -0.2) is 0 Å². The van der Waals surface area contributed by atoms with Crippen molar-refractivity contribution in [2.75, 3.05) is 7.05 Å². The maximum absolute atomic E-state index is 6.50. The van der Waals surface area contributed by atoms with E-state index in [9.17, 15) is 0 Å². The largest absolute Gasteiger partial charge is 0.368 e. The zero-order chi connectivity index (χ0) is 4.28. The van der Waals surface area contributed by atoms with Crippen molar-refractivity contribution in [3.63, 3.8) is 0 Å². The maximum Gasteiger partial charge on any atom is 0.150 e. The molecule has 0 aliphatic rings. The third-order valence-corrected chi connectivity index (χ3v) is 0.460. The van der Waals surface area contributed by atoms with Gasteiger partial charge in [0, 0.05) is 7.05 Å². The van der Waals surface area contributed by atoms with Crippen LogP contribution >= 0.6 is 26.1 Å². The van der Waals surface area contributed by atoms with Gasteiger partial charge in [-0.15, -0.1) is 12.6 Å². The Hall–Kier alpha value is 0.170. The fourth-order valence-corrected chi connectivity index (χ4v) is 0. The Morgan fingerprint density at radius 3 is 2.00 bits per heavy atom. The predicted octanol–water partition coefficient (Wildman–Crippen LogP) is 0.183. The molecule has 4 heteroatoms. The molecule has 0 bridgehead atoms. The molecule has 2 nitrogen and oxygen atoms in total. The summed E-state index contributed by atoms with van der Waals surface area (Å²) in [6.07, 6.45) is 0. The van der Waals surface area contributed by atoms with E-state index in [1.807, 2.05) is 0 Å². The second-order valence-corrected chi connectivity index (χ2v) is 1.05. The Balaban J connectivity index is 0. The van der Waals surface area contributed by atoms with E-state index >= 15 is 0 Å². The van der Waals surface area contributed by atoms with Gasteiger partial charge in [-0.3, -0.25) is 5.41 Å². The summed E-state index contributed by atoms with van der Waals surface area (Å²) in [6, 6.07) is 0. The number of amidine groups is 1. The third kappa shape index (κ3) is 8.90. The molecule has 0 aromatic heterocycles. The van der Waals surface area contributed by atoms with E-state index in [0.717, 1.165) is 0 Å². The number of hydrogen-bond acceptors (Lipinski definition) is 1. The minimum absolute atomic E-state index is 0. The topological polar surface area (TPSA) is 35.9 Å². The van der Waals surface area contributed by atoms with Crippen molar-refractivity contribution in [3.05, 3.63) is 0 Å². The first-order valence-electron chi connectivity index (χ1n) is 1.22. The fourth-order valence-electron chi connectivity index (χ4n) is 0. The second-order valence-electron chi connectivity index (χ2n) is 0.599. The molecule has 0 unspecified atom stereocenters. The lowest BCUT2D eigenvalue weighted by molar-refractivity contribution is 1.18. The summed E-state index contributed by atoms with van der Waals surface area (Å²) >= 11 is 3.57. The molecule has 0 aromatic rings. The first-order chi connectivity index (χ1) is 2.27. The second kappa shape index (κ2) is 5.17. The van der Waals surface area contributed by atoms with Crippen LogP contribution in [0.15, 0.2) is 0 Å². The zero-order valence-electron chi connectivity index (χ0n) is 3.45. The predicted molar refractivity (Wildman–Crippen MR) is 36.2 cm³/mol. The molecule has 0 saturated carbocycles. The van der Waals surface area contributed by atoms with Gasteiger partial charge in [0.25, 0.3) is 0 Å². The van der Waals surface area contributed by atoms with Crippen LogP contribution in [-0.4, -0.2) is 12.2 Å². The Morgan fingerprint density at radius 1 is 1.83 bits per heavy atom. The molecule has 0 aliphatic carbocycles. The van der Waals surface area contributed by atoms with Gasteiger partial charge in [0.05, 0.1) is 0 Å². The molecular weight excluding hydrogens is 116 g/mol. The quantitative estimate of drug-likeness (QED) is 0.240. The van der Waals surface area contributed by atoms with Crippen molar-refractivity contribution < 1.29 is 0 Å². The summed E-state index contributed by atoms with van der Waals surface area (Å²) in [5.74, 6) is 0. The van der Waals surface area contributed by atoms with E-state index in [1.54, 1.807) is 7.05 Å². The normalized spacial score (nSPS) is 5.67. The van der Waals surface area contributed by atoms with E-state index in [-0.39, 0.29) is 18.7 Å². The Bertz CT molecular complexity index is 44.8. The number of hydrogen-bond donors (Lipinski definition) is 3. The van der Waals surface area contributed by atoms with Gasteiger partial charge < -0.3 is 5.32 Å². The van der Waals surface area contributed by atoms with Gasteiger partial charge in [-0.2, -0.15) is 13.5 Å². The van der Waals surface area contributed by atoms with Crippen LogP contribution in [0.5, 0.6) is 0 Å². The van der Waals surface area contributed by atoms with Crippen molar-refractivity contribution in [2.24, 2.45) is 0 Å². The molecule has 0 fully saturated rings. The van der Waals surface area contributed by atoms with E-state index in [2.05, 4.69) is 17.9 Å². The van der Waals surface area contributed by atoms with Gasteiger partial charge in [0.1, 0.15) is 5.17 Å². The number of nitrogens with one attached hydrogen (secondary N) is 2. The maximum atomic E-state index is 6.50. The SMILES string of the molecule is CNC(=N)S.S. The van der Waals surface area contributed by atoms with Gasteiger partial charge >= 0.3 is 0 Å². The highest BCUT2D eigenvalue weighted by atomic mass is 32.1. The molecular formula is C2H8N2S2. The molecule has 0 saturated heterocycles. The molecule has 2 N–H and O–H groups in total. The van der Waals surface area contributed by atoms with Crippen molar-refractivity contribution in [1.82, 2.24) is 5.32 Å². The van der Waals surface area contributed by atoms with Crippen molar-refractivity contribution in [2.45, 2.75) is 0 Å². The van der Waals surface area contributed by atoms with Crippen molar-refractivity contribution in [1.29, 1.82) is 5.41 Å². The lowest BCUT2D eigenvalue weighted by Crippen LogP contribution is -2.08. The van der Waals surface area contributed by atoms with Gasteiger partial charge in [0.2, 0.25) is 0 Å². The average molecular weight is 124 g/mol. The summed E-state index contributed by atoms with van der Waals surface area (Å²) in [4.78, 5) is 0. The Kier molecular flexibility index (Phi) is 8.17. The van der Waals surface area contributed by atoms with Crippen molar-refractivity contribution >= 4 is 31.3 Å². The highest BCUT2D eigenvalue weighted by molar-refractivity contribution is 7.96. The Morgan fingerprint density at radius 2 is 2.00 bits per heavy atom. The molecule has 0 aromatic carbocycles. The summed E-state index contributed by atoms with van der Waals surface area (Å²) in [6.45, 7) is 0. The molecule has 0 heterocycles. The van der Waals surface area contributed by atoms with Crippen LogP contribution < -0.4 is 5.32 Å². The number of thiol groups is 1.